The first-order valence-electron chi connectivity index (χ1n) is 10.1. The lowest BCUT2D eigenvalue weighted by Gasteiger charge is -2.18. The fraction of sp³-hybridized carbons (Fsp3) is 0.409. The first kappa shape index (κ1) is 25.4. The van der Waals surface area contributed by atoms with Crippen molar-refractivity contribution in [3.63, 3.8) is 0 Å². The van der Waals surface area contributed by atoms with E-state index in [9.17, 15) is 9.59 Å². The molecule has 32 heavy (non-hydrogen) atoms. The summed E-state index contributed by atoms with van der Waals surface area (Å²) in [4.78, 5) is 27.5. The molecule has 174 valence electrons. The monoisotopic (exact) mass is 479 g/mol. The summed E-state index contributed by atoms with van der Waals surface area (Å²) < 4.78 is 15.5. The Hall–Kier alpha value is -2.85. The highest BCUT2D eigenvalue weighted by Crippen LogP contribution is 2.34. The van der Waals surface area contributed by atoms with Gasteiger partial charge in [-0.25, -0.2) is 4.79 Å². The van der Waals surface area contributed by atoms with Crippen molar-refractivity contribution >= 4 is 45.5 Å². The summed E-state index contributed by atoms with van der Waals surface area (Å²) >= 11 is 6.61. The molecule has 10 heteroatoms. The zero-order valence-electron chi connectivity index (χ0n) is 19.2. The third kappa shape index (κ3) is 5.68. The first-order chi connectivity index (χ1) is 15.3. The molecular formula is C22H29N3O5S2. The van der Waals surface area contributed by atoms with E-state index in [1.807, 2.05) is 32.0 Å². The van der Waals surface area contributed by atoms with Crippen molar-refractivity contribution in [1.82, 2.24) is 10.2 Å². The lowest BCUT2D eigenvalue weighted by molar-refractivity contribution is 0.0601. The summed E-state index contributed by atoms with van der Waals surface area (Å²) in [6.07, 6.45) is 0. The number of nitrogens with one attached hydrogen (secondary N) is 2. The number of anilines is 1. The summed E-state index contributed by atoms with van der Waals surface area (Å²) in [5.74, 6) is 0.605. The SMILES string of the molecule is CCN(CC)C(=O)c1sc(NC(=S)NCc2ccc(OC)c(OC)c2)c(C(=O)OC)c1C. The Labute approximate surface area is 197 Å². The average Bonchev–Trinajstić information content (AvgIpc) is 3.12. The molecule has 0 aliphatic rings. The maximum atomic E-state index is 12.9. The molecule has 0 saturated heterocycles. The predicted octanol–water partition coefficient (Wildman–Crippen LogP) is 3.83. The maximum absolute atomic E-state index is 12.9. The highest BCUT2D eigenvalue weighted by atomic mass is 32.1. The Morgan fingerprint density at radius 1 is 1.09 bits per heavy atom. The second-order valence-corrected chi connectivity index (χ2v) is 8.16. The van der Waals surface area contributed by atoms with Gasteiger partial charge >= 0.3 is 5.97 Å². The summed E-state index contributed by atoms with van der Waals surface area (Å²) in [5, 5.41) is 6.94. The van der Waals surface area contributed by atoms with Crippen LogP contribution >= 0.6 is 23.6 Å². The molecule has 1 amide bonds. The Morgan fingerprint density at radius 2 is 1.75 bits per heavy atom. The minimum absolute atomic E-state index is 0.125. The number of esters is 1. The van der Waals surface area contributed by atoms with Crippen molar-refractivity contribution in [2.24, 2.45) is 0 Å². The van der Waals surface area contributed by atoms with Crippen molar-refractivity contribution in [3.05, 3.63) is 39.8 Å². The molecule has 8 nitrogen and oxygen atoms in total. The van der Waals surface area contributed by atoms with Crippen LogP contribution in [0.2, 0.25) is 0 Å². The number of methoxy groups -OCH3 is 3. The summed E-state index contributed by atoms with van der Waals surface area (Å²) in [6.45, 7) is 7.15. The van der Waals surface area contributed by atoms with Gasteiger partial charge in [-0.1, -0.05) is 6.07 Å². The van der Waals surface area contributed by atoms with Gasteiger partial charge in [-0.05, 0) is 56.2 Å². The van der Waals surface area contributed by atoms with Crippen LogP contribution in [0.25, 0.3) is 0 Å². The smallest absolute Gasteiger partial charge is 0.341 e. The van der Waals surface area contributed by atoms with Crippen LogP contribution < -0.4 is 20.1 Å². The van der Waals surface area contributed by atoms with Crippen LogP contribution in [0.15, 0.2) is 18.2 Å². The molecule has 0 atom stereocenters. The molecule has 2 aromatic rings. The molecule has 1 aromatic carbocycles. The molecule has 0 saturated carbocycles. The molecule has 0 aliphatic carbocycles. The van der Waals surface area contributed by atoms with Crippen LogP contribution in [0.3, 0.4) is 0 Å². The van der Waals surface area contributed by atoms with Crippen molar-refractivity contribution < 1.29 is 23.8 Å². The number of hydrogen-bond donors (Lipinski definition) is 2. The summed E-state index contributed by atoms with van der Waals surface area (Å²) in [5.41, 5.74) is 1.81. The van der Waals surface area contributed by atoms with Crippen molar-refractivity contribution in [3.8, 4) is 11.5 Å². The van der Waals surface area contributed by atoms with Gasteiger partial charge in [0.2, 0.25) is 0 Å². The van der Waals surface area contributed by atoms with E-state index in [1.165, 1.54) is 18.4 Å². The van der Waals surface area contributed by atoms with Gasteiger partial charge < -0.3 is 29.7 Å². The number of carbonyl (C=O) groups is 2. The van der Waals surface area contributed by atoms with E-state index in [1.54, 1.807) is 26.0 Å². The Morgan fingerprint density at radius 3 is 2.31 bits per heavy atom. The predicted molar refractivity (Wildman–Crippen MR) is 130 cm³/mol. The number of ether oxygens (including phenoxy) is 3. The van der Waals surface area contributed by atoms with Crippen LogP contribution in [0.4, 0.5) is 5.00 Å². The van der Waals surface area contributed by atoms with Gasteiger partial charge in [0.05, 0.1) is 31.8 Å². The van der Waals surface area contributed by atoms with E-state index in [0.29, 0.717) is 57.3 Å². The fourth-order valence-electron chi connectivity index (χ4n) is 3.13. The Kier molecular flexibility index (Phi) is 9.27. The second kappa shape index (κ2) is 11.7. The number of amides is 1. The van der Waals surface area contributed by atoms with Crippen LogP contribution in [0.5, 0.6) is 11.5 Å². The average molecular weight is 480 g/mol. The highest BCUT2D eigenvalue weighted by Gasteiger charge is 2.27. The Bertz CT molecular complexity index is 986. The molecular weight excluding hydrogens is 450 g/mol. The first-order valence-corrected chi connectivity index (χ1v) is 11.3. The van der Waals surface area contributed by atoms with Gasteiger partial charge in [0, 0.05) is 19.6 Å². The van der Waals surface area contributed by atoms with E-state index in [-0.39, 0.29) is 5.91 Å². The lowest BCUT2D eigenvalue weighted by Crippen LogP contribution is -2.30. The molecule has 1 aromatic heterocycles. The molecule has 1 heterocycles. The van der Waals surface area contributed by atoms with Crippen LogP contribution in [-0.4, -0.2) is 56.3 Å². The van der Waals surface area contributed by atoms with Crippen molar-refractivity contribution in [2.75, 3.05) is 39.7 Å². The van der Waals surface area contributed by atoms with Gasteiger partial charge in [0.25, 0.3) is 5.91 Å². The normalized spacial score (nSPS) is 10.3. The molecule has 2 N–H and O–H groups in total. The minimum atomic E-state index is -0.525. The largest absolute Gasteiger partial charge is 0.493 e. The highest BCUT2D eigenvalue weighted by molar-refractivity contribution is 7.80. The van der Waals surface area contributed by atoms with E-state index < -0.39 is 5.97 Å². The number of nitrogens with zero attached hydrogens (tertiary/aromatic N) is 1. The molecule has 0 unspecified atom stereocenters. The summed E-state index contributed by atoms with van der Waals surface area (Å²) in [6, 6.07) is 5.56. The van der Waals surface area contributed by atoms with Gasteiger partial charge in [0.15, 0.2) is 16.6 Å². The van der Waals surface area contributed by atoms with Crippen LogP contribution in [-0.2, 0) is 11.3 Å². The number of benzene rings is 1. The topological polar surface area (TPSA) is 89.1 Å². The van der Waals surface area contributed by atoms with E-state index >= 15 is 0 Å². The fourth-order valence-corrected chi connectivity index (χ4v) is 4.53. The molecule has 0 aliphatic heterocycles. The quantitative estimate of drug-likeness (QED) is 0.414. The van der Waals surface area contributed by atoms with Crippen LogP contribution in [0, 0.1) is 6.92 Å². The standard InChI is InChI=1S/C22H29N3O5S2/c1-7-25(8-2)20(26)18-13(3)17(21(27)30-6)19(32-18)24-22(31)23-12-14-9-10-15(28-4)16(11-14)29-5/h9-11H,7-8,12H2,1-6H3,(H2,23,24,31). The van der Waals surface area contributed by atoms with Gasteiger partial charge in [-0.3, -0.25) is 4.79 Å². The zero-order valence-corrected chi connectivity index (χ0v) is 20.8. The molecule has 0 radical (unpaired) electrons. The van der Waals surface area contributed by atoms with Crippen molar-refractivity contribution in [2.45, 2.75) is 27.3 Å². The third-order valence-corrected chi connectivity index (χ3v) is 6.35. The second-order valence-electron chi connectivity index (χ2n) is 6.73. The zero-order chi connectivity index (χ0) is 23.8. The molecule has 0 bridgehead atoms. The van der Waals surface area contributed by atoms with E-state index in [4.69, 9.17) is 26.4 Å². The number of thiocarbonyl (C=S) groups is 1. The van der Waals surface area contributed by atoms with E-state index in [2.05, 4.69) is 10.6 Å². The Balaban J connectivity index is 2.22. The molecule has 0 spiro atoms. The lowest BCUT2D eigenvalue weighted by atomic mass is 10.1. The van der Waals surface area contributed by atoms with E-state index in [0.717, 1.165) is 5.56 Å². The molecule has 2 rings (SSSR count). The minimum Gasteiger partial charge on any atom is -0.493 e. The summed E-state index contributed by atoms with van der Waals surface area (Å²) in [7, 11) is 4.46. The van der Waals surface area contributed by atoms with Gasteiger partial charge in [-0.15, -0.1) is 11.3 Å². The number of rotatable bonds is 9. The number of hydrogen-bond acceptors (Lipinski definition) is 7. The van der Waals surface area contributed by atoms with Crippen molar-refractivity contribution in [1.29, 1.82) is 0 Å². The van der Waals surface area contributed by atoms with Gasteiger partial charge in [-0.2, -0.15) is 0 Å². The van der Waals surface area contributed by atoms with Gasteiger partial charge in [0.1, 0.15) is 5.00 Å². The maximum Gasteiger partial charge on any atom is 0.341 e. The molecule has 0 fully saturated rings. The number of carbonyl (C=O) groups excluding carboxylic acids is 2. The number of thiophene rings is 1. The third-order valence-electron chi connectivity index (χ3n) is 4.91. The van der Waals surface area contributed by atoms with Crippen LogP contribution in [0.1, 0.15) is 45.0 Å².